The summed E-state index contributed by atoms with van der Waals surface area (Å²) in [6, 6.07) is 9.85. The second kappa shape index (κ2) is 7.72. The number of alkyl halides is 1. The molecule has 0 aliphatic rings. The first-order valence-corrected chi connectivity index (χ1v) is 6.35. The average Bonchev–Trinajstić information content (AvgIpc) is 2.38. The van der Waals surface area contributed by atoms with Crippen molar-refractivity contribution in [3.63, 3.8) is 0 Å². The molecule has 0 aliphatic heterocycles. The van der Waals surface area contributed by atoms with Gasteiger partial charge < -0.3 is 4.74 Å². The standard InChI is InChI=1S/C15H17ClO2/c1-12(2)15(17)18-9-8-14(11-16)10-13-6-4-3-5-7-13/h3-10,12H,11H2,1-2H3/b9-8+,14-10+. The summed E-state index contributed by atoms with van der Waals surface area (Å²) < 4.78 is 4.95. The Bertz CT molecular complexity index is 433. The van der Waals surface area contributed by atoms with Gasteiger partial charge in [-0.2, -0.15) is 0 Å². The Labute approximate surface area is 113 Å². The molecule has 2 nitrogen and oxygen atoms in total. The molecule has 1 rings (SSSR count). The van der Waals surface area contributed by atoms with Crippen LogP contribution >= 0.6 is 11.6 Å². The highest BCUT2D eigenvalue weighted by Gasteiger charge is 2.05. The van der Waals surface area contributed by atoms with Gasteiger partial charge in [-0.1, -0.05) is 50.3 Å². The van der Waals surface area contributed by atoms with E-state index in [1.165, 1.54) is 6.26 Å². The van der Waals surface area contributed by atoms with Crippen LogP contribution in [0.15, 0.2) is 48.2 Å². The Morgan fingerprint density at radius 3 is 2.56 bits per heavy atom. The summed E-state index contributed by atoms with van der Waals surface area (Å²) in [5.74, 6) is -0.0166. The van der Waals surface area contributed by atoms with Crippen LogP contribution in [0, 0.1) is 5.92 Å². The summed E-state index contributed by atoms with van der Waals surface area (Å²) in [7, 11) is 0. The minimum absolute atomic E-state index is 0.132. The monoisotopic (exact) mass is 264 g/mol. The van der Waals surface area contributed by atoms with Gasteiger partial charge in [-0.3, -0.25) is 4.79 Å². The maximum atomic E-state index is 11.2. The molecule has 0 atom stereocenters. The zero-order valence-electron chi connectivity index (χ0n) is 10.6. The maximum Gasteiger partial charge on any atom is 0.313 e. The SMILES string of the molecule is CC(C)C(=O)O/C=C/C(=C\c1ccccc1)CCl. The van der Waals surface area contributed by atoms with Crippen molar-refractivity contribution in [3.8, 4) is 0 Å². The fourth-order valence-corrected chi connectivity index (χ4v) is 1.39. The van der Waals surface area contributed by atoms with Crippen molar-refractivity contribution in [1.29, 1.82) is 0 Å². The third-order valence-electron chi connectivity index (χ3n) is 2.24. The van der Waals surface area contributed by atoms with Crippen LogP contribution in [0.3, 0.4) is 0 Å². The largest absolute Gasteiger partial charge is 0.434 e. The first kappa shape index (κ1) is 14.5. The Kier molecular flexibility index (Phi) is 6.23. The van der Waals surface area contributed by atoms with E-state index in [1.807, 2.05) is 36.4 Å². The Balaban J connectivity index is 2.65. The van der Waals surface area contributed by atoms with E-state index in [-0.39, 0.29) is 11.9 Å². The second-order valence-electron chi connectivity index (χ2n) is 4.16. The minimum atomic E-state index is -0.250. The van der Waals surface area contributed by atoms with Gasteiger partial charge in [0.05, 0.1) is 12.2 Å². The van der Waals surface area contributed by atoms with E-state index in [2.05, 4.69) is 0 Å². The van der Waals surface area contributed by atoms with E-state index in [0.717, 1.165) is 11.1 Å². The predicted octanol–water partition coefficient (Wildman–Crippen LogP) is 4.02. The number of hydrogen-bond acceptors (Lipinski definition) is 2. The van der Waals surface area contributed by atoms with Crippen molar-refractivity contribution >= 4 is 23.6 Å². The van der Waals surface area contributed by atoms with E-state index in [9.17, 15) is 4.79 Å². The fourth-order valence-electron chi connectivity index (χ4n) is 1.22. The summed E-state index contributed by atoms with van der Waals surface area (Å²) in [5.41, 5.74) is 1.95. The number of rotatable bonds is 5. The van der Waals surface area contributed by atoms with E-state index in [0.29, 0.717) is 5.88 Å². The number of halogens is 1. The van der Waals surface area contributed by atoms with Crippen LogP contribution in [-0.4, -0.2) is 11.8 Å². The molecule has 0 saturated heterocycles. The normalized spacial score (nSPS) is 12.1. The molecule has 3 heteroatoms. The maximum absolute atomic E-state index is 11.2. The molecule has 0 radical (unpaired) electrons. The van der Waals surface area contributed by atoms with Gasteiger partial charge in [-0.05, 0) is 17.2 Å². The van der Waals surface area contributed by atoms with Crippen molar-refractivity contribution in [2.75, 3.05) is 5.88 Å². The molecule has 0 spiro atoms. The van der Waals surface area contributed by atoms with Gasteiger partial charge >= 0.3 is 5.97 Å². The van der Waals surface area contributed by atoms with E-state index in [4.69, 9.17) is 16.3 Å². The van der Waals surface area contributed by atoms with Crippen LogP contribution < -0.4 is 0 Å². The highest BCUT2D eigenvalue weighted by molar-refractivity contribution is 6.20. The number of esters is 1. The molecule has 0 aromatic heterocycles. The molecule has 18 heavy (non-hydrogen) atoms. The van der Waals surface area contributed by atoms with Crippen molar-refractivity contribution in [3.05, 3.63) is 53.8 Å². The average molecular weight is 265 g/mol. The van der Waals surface area contributed by atoms with Crippen molar-refractivity contribution in [2.45, 2.75) is 13.8 Å². The summed E-state index contributed by atoms with van der Waals surface area (Å²) in [5, 5.41) is 0. The van der Waals surface area contributed by atoms with Crippen LogP contribution in [0.4, 0.5) is 0 Å². The fraction of sp³-hybridized carbons (Fsp3) is 0.267. The van der Waals surface area contributed by atoms with Crippen LogP contribution in [0.2, 0.25) is 0 Å². The summed E-state index contributed by atoms with van der Waals surface area (Å²) >= 11 is 5.84. The molecule has 1 aromatic carbocycles. The molecule has 0 amide bonds. The zero-order valence-corrected chi connectivity index (χ0v) is 11.4. The van der Waals surface area contributed by atoms with Gasteiger partial charge in [0.25, 0.3) is 0 Å². The van der Waals surface area contributed by atoms with Gasteiger partial charge in [-0.25, -0.2) is 0 Å². The van der Waals surface area contributed by atoms with Crippen molar-refractivity contribution in [2.24, 2.45) is 5.92 Å². The predicted molar refractivity (Wildman–Crippen MR) is 75.2 cm³/mol. The third-order valence-corrected chi connectivity index (χ3v) is 2.55. The van der Waals surface area contributed by atoms with Gasteiger partial charge in [0.2, 0.25) is 0 Å². The van der Waals surface area contributed by atoms with Gasteiger partial charge in [0.1, 0.15) is 0 Å². The molecular formula is C15H17ClO2. The summed E-state index contributed by atoms with van der Waals surface area (Å²) in [4.78, 5) is 11.2. The van der Waals surface area contributed by atoms with Gasteiger partial charge in [-0.15, -0.1) is 11.6 Å². The van der Waals surface area contributed by atoms with E-state index >= 15 is 0 Å². The quantitative estimate of drug-likeness (QED) is 0.347. The minimum Gasteiger partial charge on any atom is -0.434 e. The van der Waals surface area contributed by atoms with Crippen molar-refractivity contribution < 1.29 is 9.53 Å². The van der Waals surface area contributed by atoms with Crippen LogP contribution in [0.25, 0.3) is 6.08 Å². The molecule has 0 fully saturated rings. The Morgan fingerprint density at radius 1 is 1.33 bits per heavy atom. The number of carbonyl (C=O) groups excluding carboxylic acids is 1. The van der Waals surface area contributed by atoms with Crippen LogP contribution in [-0.2, 0) is 9.53 Å². The molecule has 0 saturated carbocycles. The molecular weight excluding hydrogens is 248 g/mol. The molecule has 0 aliphatic carbocycles. The van der Waals surface area contributed by atoms with E-state index < -0.39 is 0 Å². The second-order valence-corrected chi connectivity index (χ2v) is 4.43. The van der Waals surface area contributed by atoms with Gasteiger partial charge in [0, 0.05) is 5.88 Å². The number of carbonyl (C=O) groups is 1. The summed E-state index contributed by atoms with van der Waals surface area (Å²) in [6.07, 6.45) is 5.05. The lowest BCUT2D eigenvalue weighted by molar-refractivity contribution is -0.141. The lowest BCUT2D eigenvalue weighted by Crippen LogP contribution is -2.07. The number of allylic oxidation sites excluding steroid dienone is 2. The molecule has 96 valence electrons. The first-order chi connectivity index (χ1) is 8.63. The summed E-state index contributed by atoms with van der Waals surface area (Å²) in [6.45, 7) is 3.58. The molecule has 1 aromatic rings. The number of hydrogen-bond donors (Lipinski definition) is 0. The van der Waals surface area contributed by atoms with Crippen LogP contribution in [0.5, 0.6) is 0 Å². The Hall–Kier alpha value is -1.54. The third kappa shape index (κ3) is 5.19. The highest BCUT2D eigenvalue weighted by atomic mass is 35.5. The van der Waals surface area contributed by atoms with Crippen LogP contribution in [0.1, 0.15) is 19.4 Å². The van der Waals surface area contributed by atoms with Gasteiger partial charge in [0.15, 0.2) is 0 Å². The Morgan fingerprint density at radius 2 is 2.00 bits per heavy atom. The molecule has 0 heterocycles. The molecule has 0 N–H and O–H groups in total. The number of ether oxygens (including phenoxy) is 1. The lowest BCUT2D eigenvalue weighted by atomic mass is 10.1. The highest BCUT2D eigenvalue weighted by Crippen LogP contribution is 2.09. The smallest absolute Gasteiger partial charge is 0.313 e. The van der Waals surface area contributed by atoms with Crippen molar-refractivity contribution in [1.82, 2.24) is 0 Å². The zero-order chi connectivity index (χ0) is 13.4. The topological polar surface area (TPSA) is 26.3 Å². The number of benzene rings is 1. The lowest BCUT2D eigenvalue weighted by Gasteiger charge is -2.02. The molecule has 0 bridgehead atoms. The van der Waals surface area contributed by atoms with E-state index in [1.54, 1.807) is 19.9 Å². The molecule has 0 unspecified atom stereocenters. The first-order valence-electron chi connectivity index (χ1n) is 5.82.